The molecule has 0 saturated carbocycles. The summed E-state index contributed by atoms with van der Waals surface area (Å²) in [5, 5.41) is 25.3. The van der Waals surface area contributed by atoms with E-state index in [1.807, 2.05) is 13.8 Å². The molecule has 2 aromatic rings. The van der Waals surface area contributed by atoms with E-state index >= 15 is 0 Å². The minimum atomic E-state index is -0.259. The molecule has 0 bridgehead atoms. The van der Waals surface area contributed by atoms with E-state index in [1.54, 1.807) is 0 Å². The standard InChI is InChI=1S/2C13H20N2O/c2*1-11(16)10-12-2-4-13(5-3-12)15-8-6-14-7-9-15/h2*2-5,11,14,16H,6-10H2,1H3. The van der Waals surface area contributed by atoms with Crippen LogP contribution in [0, 0.1) is 0 Å². The van der Waals surface area contributed by atoms with Crippen molar-refractivity contribution >= 4 is 11.4 Å². The van der Waals surface area contributed by atoms with Crippen molar-refractivity contribution in [1.82, 2.24) is 10.6 Å². The zero-order valence-corrected chi connectivity index (χ0v) is 19.6. The van der Waals surface area contributed by atoms with Crippen LogP contribution in [0.1, 0.15) is 25.0 Å². The molecule has 2 fully saturated rings. The Balaban J connectivity index is 0.000000181. The van der Waals surface area contributed by atoms with Crippen molar-refractivity contribution in [3.8, 4) is 0 Å². The second-order valence-electron chi connectivity index (χ2n) is 8.91. The highest BCUT2D eigenvalue weighted by atomic mass is 16.3. The van der Waals surface area contributed by atoms with Gasteiger partial charge < -0.3 is 30.6 Å². The summed E-state index contributed by atoms with van der Waals surface area (Å²) in [6.45, 7) is 12.2. The second-order valence-corrected chi connectivity index (χ2v) is 8.91. The number of hydrogen-bond acceptors (Lipinski definition) is 6. The first-order chi connectivity index (χ1) is 15.5. The number of aliphatic hydroxyl groups excluding tert-OH is 2. The van der Waals surface area contributed by atoms with Gasteiger partial charge in [0.15, 0.2) is 0 Å². The Morgan fingerprint density at radius 3 is 1.22 bits per heavy atom. The van der Waals surface area contributed by atoms with Crippen molar-refractivity contribution in [2.45, 2.75) is 38.9 Å². The lowest BCUT2D eigenvalue weighted by atomic mass is 10.1. The van der Waals surface area contributed by atoms with Crippen LogP contribution in [0.2, 0.25) is 0 Å². The minimum Gasteiger partial charge on any atom is -0.393 e. The van der Waals surface area contributed by atoms with Crippen LogP contribution < -0.4 is 20.4 Å². The van der Waals surface area contributed by atoms with Crippen molar-refractivity contribution in [2.24, 2.45) is 0 Å². The molecule has 0 amide bonds. The summed E-state index contributed by atoms with van der Waals surface area (Å²) in [5.74, 6) is 0. The van der Waals surface area contributed by atoms with E-state index in [0.717, 1.165) is 65.2 Å². The largest absolute Gasteiger partial charge is 0.393 e. The van der Waals surface area contributed by atoms with Crippen LogP contribution in [-0.2, 0) is 12.8 Å². The fourth-order valence-electron chi connectivity index (χ4n) is 4.21. The van der Waals surface area contributed by atoms with Gasteiger partial charge in [-0.3, -0.25) is 0 Å². The molecule has 2 aliphatic rings. The molecule has 0 radical (unpaired) electrons. The summed E-state index contributed by atoms with van der Waals surface area (Å²) in [4.78, 5) is 4.78. The van der Waals surface area contributed by atoms with Gasteiger partial charge in [-0.15, -0.1) is 0 Å². The SMILES string of the molecule is CC(O)Cc1ccc(N2CCNCC2)cc1.CC(O)Cc1ccc(N2CCNCC2)cc1. The molecule has 0 aromatic heterocycles. The topological polar surface area (TPSA) is 71.0 Å². The number of benzene rings is 2. The maximum Gasteiger partial charge on any atom is 0.0552 e. The van der Waals surface area contributed by atoms with Crippen LogP contribution in [0.15, 0.2) is 48.5 Å². The lowest BCUT2D eigenvalue weighted by molar-refractivity contribution is 0.195. The number of piperazine rings is 2. The van der Waals surface area contributed by atoms with Gasteiger partial charge in [0, 0.05) is 63.7 Å². The molecule has 2 unspecified atom stereocenters. The summed E-state index contributed by atoms with van der Waals surface area (Å²) < 4.78 is 0. The zero-order valence-electron chi connectivity index (χ0n) is 19.6. The van der Waals surface area contributed by atoms with Crippen LogP contribution in [0.25, 0.3) is 0 Å². The molecule has 6 nitrogen and oxygen atoms in total. The molecule has 4 rings (SSSR count). The van der Waals surface area contributed by atoms with Gasteiger partial charge in [0.05, 0.1) is 12.2 Å². The molecular weight excluding hydrogens is 400 g/mol. The van der Waals surface area contributed by atoms with E-state index in [-0.39, 0.29) is 12.2 Å². The Morgan fingerprint density at radius 2 is 0.938 bits per heavy atom. The summed E-state index contributed by atoms with van der Waals surface area (Å²) in [6, 6.07) is 17.1. The van der Waals surface area contributed by atoms with Gasteiger partial charge in [-0.05, 0) is 62.1 Å². The third-order valence-corrected chi connectivity index (χ3v) is 5.90. The average Bonchev–Trinajstić information content (AvgIpc) is 2.81. The number of rotatable bonds is 6. The summed E-state index contributed by atoms with van der Waals surface area (Å²) >= 11 is 0. The molecule has 6 heteroatoms. The lowest BCUT2D eigenvalue weighted by Crippen LogP contribution is -2.43. The molecule has 2 saturated heterocycles. The Morgan fingerprint density at radius 1 is 0.625 bits per heavy atom. The molecule has 0 aliphatic carbocycles. The minimum absolute atomic E-state index is 0.259. The van der Waals surface area contributed by atoms with Crippen LogP contribution in [0.4, 0.5) is 11.4 Å². The number of nitrogens with zero attached hydrogens (tertiary/aromatic N) is 2. The predicted molar refractivity (Wildman–Crippen MR) is 134 cm³/mol. The Hall–Kier alpha value is -2.12. The number of anilines is 2. The fourth-order valence-corrected chi connectivity index (χ4v) is 4.21. The number of aliphatic hydroxyl groups is 2. The predicted octanol–water partition coefficient (Wildman–Crippen LogP) is 2.04. The van der Waals surface area contributed by atoms with Gasteiger partial charge in [0.2, 0.25) is 0 Å². The first-order valence-corrected chi connectivity index (χ1v) is 12.0. The molecule has 2 aromatic carbocycles. The maximum atomic E-state index is 9.31. The monoisotopic (exact) mass is 440 g/mol. The van der Waals surface area contributed by atoms with Crippen molar-refractivity contribution in [3.63, 3.8) is 0 Å². The first kappa shape index (κ1) is 24.5. The third kappa shape index (κ3) is 8.10. The molecule has 2 atom stereocenters. The van der Waals surface area contributed by atoms with Gasteiger partial charge in [0.25, 0.3) is 0 Å². The summed E-state index contributed by atoms with van der Waals surface area (Å²) in [6.07, 6.45) is 0.957. The van der Waals surface area contributed by atoms with Crippen molar-refractivity contribution in [2.75, 3.05) is 62.2 Å². The lowest BCUT2D eigenvalue weighted by Gasteiger charge is -2.29. The Labute approximate surface area is 193 Å². The highest BCUT2D eigenvalue weighted by molar-refractivity contribution is 5.49. The second kappa shape index (κ2) is 12.8. The van der Waals surface area contributed by atoms with Crippen LogP contribution in [0.3, 0.4) is 0 Å². The van der Waals surface area contributed by atoms with Crippen LogP contribution >= 0.6 is 0 Å². The normalized spacial score (nSPS) is 18.5. The molecule has 32 heavy (non-hydrogen) atoms. The highest BCUT2D eigenvalue weighted by Gasteiger charge is 2.11. The van der Waals surface area contributed by atoms with E-state index in [4.69, 9.17) is 0 Å². The fraction of sp³-hybridized carbons (Fsp3) is 0.538. The molecule has 2 aliphatic heterocycles. The molecule has 2 heterocycles. The van der Waals surface area contributed by atoms with Crippen LogP contribution in [-0.4, -0.2) is 74.8 Å². The van der Waals surface area contributed by atoms with Crippen molar-refractivity contribution in [1.29, 1.82) is 0 Å². The Bertz CT molecular complexity index is 698. The molecule has 176 valence electrons. The van der Waals surface area contributed by atoms with Gasteiger partial charge >= 0.3 is 0 Å². The summed E-state index contributed by atoms with van der Waals surface area (Å²) in [7, 11) is 0. The van der Waals surface area contributed by atoms with E-state index in [1.165, 1.54) is 22.5 Å². The van der Waals surface area contributed by atoms with E-state index in [9.17, 15) is 10.2 Å². The highest BCUT2D eigenvalue weighted by Crippen LogP contribution is 2.17. The number of nitrogens with one attached hydrogen (secondary N) is 2. The smallest absolute Gasteiger partial charge is 0.0552 e. The van der Waals surface area contributed by atoms with Crippen LogP contribution in [0.5, 0.6) is 0 Å². The summed E-state index contributed by atoms with van der Waals surface area (Å²) in [5.41, 5.74) is 4.98. The van der Waals surface area contributed by atoms with Crippen molar-refractivity contribution in [3.05, 3.63) is 59.7 Å². The average molecular weight is 441 g/mol. The van der Waals surface area contributed by atoms with Gasteiger partial charge in [-0.1, -0.05) is 24.3 Å². The maximum absolute atomic E-state index is 9.31. The van der Waals surface area contributed by atoms with Crippen molar-refractivity contribution < 1.29 is 10.2 Å². The Kier molecular flexibility index (Phi) is 9.81. The van der Waals surface area contributed by atoms with E-state index in [0.29, 0.717) is 0 Å². The van der Waals surface area contributed by atoms with E-state index in [2.05, 4.69) is 69.0 Å². The van der Waals surface area contributed by atoms with Gasteiger partial charge in [-0.25, -0.2) is 0 Å². The number of hydrogen-bond donors (Lipinski definition) is 4. The quantitative estimate of drug-likeness (QED) is 0.551. The molecular formula is C26H40N4O2. The van der Waals surface area contributed by atoms with Gasteiger partial charge in [-0.2, -0.15) is 0 Å². The zero-order chi connectivity index (χ0) is 22.8. The molecule has 4 N–H and O–H groups in total. The van der Waals surface area contributed by atoms with Gasteiger partial charge in [0.1, 0.15) is 0 Å². The first-order valence-electron chi connectivity index (χ1n) is 12.0. The third-order valence-electron chi connectivity index (χ3n) is 5.90. The van der Waals surface area contributed by atoms with E-state index < -0.39 is 0 Å². The molecule has 0 spiro atoms.